The molecule has 0 saturated carbocycles. The predicted molar refractivity (Wildman–Crippen MR) is 175 cm³/mol. The number of hydrogen-bond acceptors (Lipinski definition) is 3. The summed E-state index contributed by atoms with van der Waals surface area (Å²) in [5.74, 6) is 0.821. The maximum absolute atomic E-state index is 6.11. The lowest BCUT2D eigenvalue weighted by Crippen LogP contribution is -2.06. The average molecular weight is 551 g/mol. The summed E-state index contributed by atoms with van der Waals surface area (Å²) in [7, 11) is 0. The second-order valence-corrected chi connectivity index (χ2v) is 11.1. The summed E-state index contributed by atoms with van der Waals surface area (Å²) < 4.78 is 10.6. The first-order valence-electron chi connectivity index (χ1n) is 14.4. The molecule has 0 saturated heterocycles. The lowest BCUT2D eigenvalue weighted by atomic mass is 10.0. The lowest BCUT2D eigenvalue weighted by molar-refractivity contribution is 0.669. The Balaban J connectivity index is 1.32. The number of para-hydroxylation sites is 5. The van der Waals surface area contributed by atoms with Crippen LogP contribution < -0.4 is 0 Å². The maximum atomic E-state index is 6.11. The lowest BCUT2D eigenvalue weighted by Gasteiger charge is -2.13. The fourth-order valence-corrected chi connectivity index (χ4v) is 6.75. The topological polar surface area (TPSA) is 48.3 Å². The summed E-state index contributed by atoms with van der Waals surface area (Å²) in [4.78, 5) is 10.4. The molecule has 6 aromatic carbocycles. The van der Waals surface area contributed by atoms with E-state index in [1.165, 1.54) is 10.8 Å². The van der Waals surface area contributed by atoms with Crippen molar-refractivity contribution in [2.45, 2.75) is 0 Å². The van der Waals surface area contributed by atoms with E-state index >= 15 is 0 Å². The number of nitrogens with zero attached hydrogens (tertiary/aromatic N) is 4. The molecule has 0 unspecified atom stereocenters. The summed E-state index contributed by atoms with van der Waals surface area (Å²) in [5, 5.41) is 5.65. The van der Waals surface area contributed by atoms with E-state index < -0.39 is 0 Å². The van der Waals surface area contributed by atoms with Crippen LogP contribution in [0.3, 0.4) is 0 Å². The van der Waals surface area contributed by atoms with E-state index in [1.54, 1.807) is 0 Å². The van der Waals surface area contributed by atoms with Crippen LogP contribution in [0, 0.1) is 0 Å². The number of aromatic nitrogens is 4. The molecule has 43 heavy (non-hydrogen) atoms. The van der Waals surface area contributed by atoms with E-state index in [-0.39, 0.29) is 0 Å². The molecule has 0 aliphatic heterocycles. The molecule has 0 radical (unpaired) electrons. The minimum Gasteiger partial charge on any atom is -0.456 e. The molecule has 0 N–H and O–H groups in total. The standard InChI is InChI=1S/C38H22N4O/c1-4-12-30-28(11-1)37-39-31-13-5-7-15-33(31)42(37)38(40-30)41-32-14-6-2-9-25(32)26-19-17-24(22-34(26)41)23-18-20-36-29(21-23)27-10-3-8-16-35(27)43-36/h1-22H. The number of benzene rings is 6. The van der Waals surface area contributed by atoms with Crippen molar-refractivity contribution in [3.63, 3.8) is 0 Å². The first-order valence-corrected chi connectivity index (χ1v) is 14.4. The highest BCUT2D eigenvalue weighted by Gasteiger charge is 2.20. The summed E-state index contributed by atoms with van der Waals surface area (Å²) in [6, 6.07) is 46.6. The van der Waals surface area contributed by atoms with Crippen LogP contribution in [0.25, 0.3) is 88.4 Å². The Labute approximate surface area is 244 Å². The van der Waals surface area contributed by atoms with Crippen molar-refractivity contribution in [3.8, 4) is 17.1 Å². The molecule has 0 amide bonds. The second kappa shape index (κ2) is 8.30. The molecule has 200 valence electrons. The Hall–Kier alpha value is -5.94. The van der Waals surface area contributed by atoms with Crippen molar-refractivity contribution in [2.75, 3.05) is 0 Å². The van der Waals surface area contributed by atoms with E-state index in [4.69, 9.17) is 14.4 Å². The zero-order valence-electron chi connectivity index (χ0n) is 22.9. The number of rotatable bonds is 2. The van der Waals surface area contributed by atoms with Gasteiger partial charge >= 0.3 is 0 Å². The highest BCUT2D eigenvalue weighted by molar-refractivity contribution is 6.11. The molecular weight excluding hydrogens is 528 g/mol. The predicted octanol–water partition coefficient (Wildman–Crippen LogP) is 9.70. The van der Waals surface area contributed by atoms with Crippen molar-refractivity contribution in [1.29, 1.82) is 0 Å². The molecule has 10 aromatic rings. The van der Waals surface area contributed by atoms with Gasteiger partial charge in [-0.05, 0) is 65.7 Å². The fourth-order valence-electron chi connectivity index (χ4n) is 6.75. The van der Waals surface area contributed by atoms with Gasteiger partial charge in [0.15, 0.2) is 0 Å². The largest absolute Gasteiger partial charge is 0.456 e. The average Bonchev–Trinajstić information content (AvgIpc) is 3.74. The summed E-state index contributed by atoms with van der Waals surface area (Å²) in [5.41, 5.74) is 10.1. The molecule has 5 nitrogen and oxygen atoms in total. The molecule has 4 aromatic heterocycles. The van der Waals surface area contributed by atoms with Crippen LogP contribution in [0.1, 0.15) is 0 Å². The van der Waals surface area contributed by atoms with E-state index in [0.29, 0.717) is 0 Å². The van der Waals surface area contributed by atoms with Gasteiger partial charge in [0.1, 0.15) is 16.8 Å². The minimum atomic E-state index is 0.821. The SMILES string of the molecule is c1ccc2c(c1)nc(-n1c3ccccc3c3ccc(-c4ccc5oc6ccccc6c5c4)cc31)n1c3ccccc3nc21. The minimum absolute atomic E-state index is 0.821. The third-order valence-electron chi connectivity index (χ3n) is 8.71. The van der Waals surface area contributed by atoms with Crippen LogP contribution in [0.5, 0.6) is 0 Å². The van der Waals surface area contributed by atoms with Gasteiger partial charge in [0.05, 0.1) is 27.6 Å². The first kappa shape index (κ1) is 22.7. The van der Waals surface area contributed by atoms with Crippen LogP contribution in [0.15, 0.2) is 138 Å². The molecule has 0 bridgehead atoms. The Morgan fingerprint density at radius 1 is 0.442 bits per heavy atom. The zero-order chi connectivity index (χ0) is 28.1. The van der Waals surface area contributed by atoms with E-state index in [1.807, 2.05) is 24.3 Å². The van der Waals surface area contributed by atoms with Crippen molar-refractivity contribution in [1.82, 2.24) is 18.9 Å². The molecule has 10 rings (SSSR count). The summed E-state index contributed by atoms with van der Waals surface area (Å²) in [6.07, 6.45) is 0. The van der Waals surface area contributed by atoms with Gasteiger partial charge in [-0.15, -0.1) is 0 Å². The smallest absolute Gasteiger partial charge is 0.221 e. The van der Waals surface area contributed by atoms with Gasteiger partial charge in [0.2, 0.25) is 5.95 Å². The van der Waals surface area contributed by atoms with Crippen LogP contribution in [0.4, 0.5) is 0 Å². The van der Waals surface area contributed by atoms with Gasteiger partial charge < -0.3 is 4.42 Å². The number of fused-ring (bicyclic) bond motifs is 11. The molecule has 0 fully saturated rings. The quantitative estimate of drug-likeness (QED) is 0.215. The maximum Gasteiger partial charge on any atom is 0.221 e. The normalized spacial score (nSPS) is 12.2. The highest BCUT2D eigenvalue weighted by atomic mass is 16.3. The Morgan fingerprint density at radius 2 is 1.09 bits per heavy atom. The van der Waals surface area contributed by atoms with Crippen molar-refractivity contribution >= 4 is 71.3 Å². The molecule has 0 aliphatic rings. The second-order valence-electron chi connectivity index (χ2n) is 11.1. The van der Waals surface area contributed by atoms with Gasteiger partial charge in [0.25, 0.3) is 0 Å². The van der Waals surface area contributed by atoms with Gasteiger partial charge in [-0.3, -0.25) is 8.97 Å². The monoisotopic (exact) mass is 550 g/mol. The van der Waals surface area contributed by atoms with Gasteiger partial charge in [-0.2, -0.15) is 0 Å². The molecule has 4 heterocycles. The third-order valence-corrected chi connectivity index (χ3v) is 8.71. The van der Waals surface area contributed by atoms with Crippen LogP contribution in [0.2, 0.25) is 0 Å². The van der Waals surface area contributed by atoms with Gasteiger partial charge in [0, 0.05) is 26.9 Å². The van der Waals surface area contributed by atoms with Gasteiger partial charge in [-0.25, -0.2) is 9.97 Å². The number of furan rings is 1. The Morgan fingerprint density at radius 3 is 2.00 bits per heavy atom. The van der Waals surface area contributed by atoms with Gasteiger partial charge in [-0.1, -0.05) is 78.9 Å². The molecule has 0 aliphatic carbocycles. The Kier molecular flexibility index (Phi) is 4.39. The molecule has 0 spiro atoms. The van der Waals surface area contributed by atoms with Crippen LogP contribution in [-0.2, 0) is 0 Å². The molecular formula is C38H22N4O. The zero-order valence-corrected chi connectivity index (χ0v) is 22.9. The summed E-state index contributed by atoms with van der Waals surface area (Å²) >= 11 is 0. The fraction of sp³-hybridized carbons (Fsp3) is 0. The molecule has 5 heteroatoms. The van der Waals surface area contributed by atoms with Crippen molar-refractivity contribution in [2.24, 2.45) is 0 Å². The van der Waals surface area contributed by atoms with Crippen LogP contribution in [-0.4, -0.2) is 18.9 Å². The summed E-state index contributed by atoms with van der Waals surface area (Å²) in [6.45, 7) is 0. The third kappa shape index (κ3) is 3.11. The molecule has 0 atom stereocenters. The Bertz CT molecular complexity index is 2740. The van der Waals surface area contributed by atoms with Crippen LogP contribution >= 0.6 is 0 Å². The number of hydrogen-bond donors (Lipinski definition) is 0. The van der Waals surface area contributed by atoms with E-state index in [9.17, 15) is 0 Å². The van der Waals surface area contributed by atoms with E-state index in [0.717, 1.165) is 77.6 Å². The van der Waals surface area contributed by atoms with E-state index in [2.05, 4.69) is 118 Å². The first-order chi connectivity index (χ1) is 21.3. The number of imidazole rings is 1. The van der Waals surface area contributed by atoms with Crippen molar-refractivity contribution in [3.05, 3.63) is 133 Å². The highest BCUT2D eigenvalue weighted by Crippen LogP contribution is 2.38. The van der Waals surface area contributed by atoms with Crippen molar-refractivity contribution < 1.29 is 4.42 Å².